The summed E-state index contributed by atoms with van der Waals surface area (Å²) in [4.78, 5) is 11.7. The smallest absolute Gasteiger partial charge is 0.265 e. The van der Waals surface area contributed by atoms with Crippen LogP contribution < -0.4 is 10.1 Å². The van der Waals surface area contributed by atoms with Crippen molar-refractivity contribution in [3.63, 3.8) is 0 Å². The number of para-hydroxylation sites is 1. The molecule has 0 saturated carbocycles. The number of benzene rings is 1. The predicted octanol–water partition coefficient (Wildman–Crippen LogP) is 2.69. The second kappa shape index (κ2) is 4.00. The SMILES string of the molecule is C=Cc1cccc2c1OC(C(C)C)C(=O)N2. The molecule has 0 bridgehead atoms. The van der Waals surface area contributed by atoms with Crippen LogP contribution in [0.15, 0.2) is 24.8 Å². The van der Waals surface area contributed by atoms with E-state index in [1.165, 1.54) is 0 Å². The molecule has 1 aliphatic heterocycles. The summed E-state index contributed by atoms with van der Waals surface area (Å²) >= 11 is 0. The van der Waals surface area contributed by atoms with E-state index < -0.39 is 6.10 Å². The van der Waals surface area contributed by atoms with Gasteiger partial charge in [-0.05, 0) is 12.0 Å². The molecule has 0 saturated heterocycles. The first-order valence-corrected chi connectivity index (χ1v) is 5.36. The quantitative estimate of drug-likeness (QED) is 0.827. The van der Waals surface area contributed by atoms with E-state index in [2.05, 4.69) is 11.9 Å². The Hall–Kier alpha value is -1.77. The molecule has 0 fully saturated rings. The molecule has 1 atom stereocenters. The maximum Gasteiger partial charge on any atom is 0.265 e. The zero-order chi connectivity index (χ0) is 11.7. The van der Waals surface area contributed by atoms with Gasteiger partial charge in [0.25, 0.3) is 5.91 Å². The standard InChI is InChI=1S/C13H15NO2/c1-4-9-6-5-7-10-12(9)16-11(8(2)3)13(15)14-10/h4-8,11H,1H2,2-3H3,(H,14,15). The maximum absolute atomic E-state index is 11.7. The van der Waals surface area contributed by atoms with Crippen LogP contribution in [0.4, 0.5) is 5.69 Å². The van der Waals surface area contributed by atoms with E-state index in [0.29, 0.717) is 0 Å². The van der Waals surface area contributed by atoms with Crippen LogP contribution in [-0.2, 0) is 4.79 Å². The number of carbonyl (C=O) groups excluding carboxylic acids is 1. The van der Waals surface area contributed by atoms with Crippen LogP contribution in [0, 0.1) is 5.92 Å². The van der Waals surface area contributed by atoms with E-state index in [0.717, 1.165) is 17.0 Å². The van der Waals surface area contributed by atoms with Crippen LogP contribution in [0.1, 0.15) is 19.4 Å². The van der Waals surface area contributed by atoms with Gasteiger partial charge < -0.3 is 10.1 Å². The molecule has 0 spiro atoms. The molecule has 1 unspecified atom stereocenters. The molecule has 0 aromatic heterocycles. The van der Waals surface area contributed by atoms with E-state index >= 15 is 0 Å². The van der Waals surface area contributed by atoms with Crippen molar-refractivity contribution in [2.24, 2.45) is 5.92 Å². The zero-order valence-corrected chi connectivity index (χ0v) is 9.49. The average molecular weight is 217 g/mol. The van der Waals surface area contributed by atoms with Crippen LogP contribution >= 0.6 is 0 Å². The van der Waals surface area contributed by atoms with E-state index in [-0.39, 0.29) is 11.8 Å². The number of anilines is 1. The maximum atomic E-state index is 11.7. The van der Waals surface area contributed by atoms with Gasteiger partial charge in [0.15, 0.2) is 11.9 Å². The van der Waals surface area contributed by atoms with Crippen molar-refractivity contribution >= 4 is 17.7 Å². The molecule has 1 N–H and O–H groups in total. The fourth-order valence-electron chi connectivity index (χ4n) is 1.77. The van der Waals surface area contributed by atoms with Gasteiger partial charge in [-0.25, -0.2) is 0 Å². The summed E-state index contributed by atoms with van der Waals surface area (Å²) in [7, 11) is 0. The van der Waals surface area contributed by atoms with Gasteiger partial charge in [0, 0.05) is 5.56 Å². The monoisotopic (exact) mass is 217 g/mol. The molecule has 84 valence electrons. The molecule has 1 heterocycles. The Morgan fingerprint density at radius 2 is 2.25 bits per heavy atom. The third kappa shape index (κ3) is 1.69. The van der Waals surface area contributed by atoms with Gasteiger partial charge >= 0.3 is 0 Å². The molecule has 0 radical (unpaired) electrons. The molecular formula is C13H15NO2. The van der Waals surface area contributed by atoms with Crippen LogP contribution in [0.2, 0.25) is 0 Å². The summed E-state index contributed by atoms with van der Waals surface area (Å²) in [5.41, 5.74) is 1.63. The van der Waals surface area contributed by atoms with Gasteiger partial charge in [-0.15, -0.1) is 0 Å². The van der Waals surface area contributed by atoms with E-state index in [4.69, 9.17) is 4.74 Å². The molecule has 3 heteroatoms. The highest BCUT2D eigenvalue weighted by atomic mass is 16.5. The Morgan fingerprint density at radius 3 is 2.88 bits per heavy atom. The van der Waals surface area contributed by atoms with Gasteiger partial charge in [0.1, 0.15) is 0 Å². The third-order valence-electron chi connectivity index (χ3n) is 2.63. The lowest BCUT2D eigenvalue weighted by Gasteiger charge is -2.29. The fraction of sp³-hybridized carbons (Fsp3) is 0.308. The summed E-state index contributed by atoms with van der Waals surface area (Å²) in [5, 5.41) is 2.85. The van der Waals surface area contributed by atoms with Crippen LogP contribution in [0.25, 0.3) is 6.08 Å². The number of amides is 1. The van der Waals surface area contributed by atoms with Crippen molar-refractivity contribution in [3.8, 4) is 5.75 Å². The molecule has 3 nitrogen and oxygen atoms in total. The molecule has 16 heavy (non-hydrogen) atoms. The number of fused-ring (bicyclic) bond motifs is 1. The highest BCUT2D eigenvalue weighted by molar-refractivity contribution is 5.98. The van der Waals surface area contributed by atoms with E-state index in [1.807, 2.05) is 32.0 Å². The second-order valence-corrected chi connectivity index (χ2v) is 4.20. The Labute approximate surface area is 95.1 Å². The highest BCUT2D eigenvalue weighted by Gasteiger charge is 2.30. The second-order valence-electron chi connectivity index (χ2n) is 4.20. The lowest BCUT2D eigenvalue weighted by molar-refractivity contribution is -0.125. The third-order valence-corrected chi connectivity index (χ3v) is 2.63. The molecular weight excluding hydrogens is 202 g/mol. The Balaban J connectivity index is 2.43. The van der Waals surface area contributed by atoms with Crippen LogP contribution in [0.5, 0.6) is 5.75 Å². The number of nitrogens with one attached hydrogen (secondary N) is 1. The topological polar surface area (TPSA) is 38.3 Å². The Kier molecular flexibility index (Phi) is 2.69. The van der Waals surface area contributed by atoms with Gasteiger partial charge in [0.05, 0.1) is 5.69 Å². The Morgan fingerprint density at radius 1 is 1.50 bits per heavy atom. The van der Waals surface area contributed by atoms with Crippen molar-refractivity contribution < 1.29 is 9.53 Å². The first-order chi connectivity index (χ1) is 7.63. The molecule has 0 aliphatic carbocycles. The van der Waals surface area contributed by atoms with Crippen LogP contribution in [-0.4, -0.2) is 12.0 Å². The minimum absolute atomic E-state index is 0.0799. The minimum atomic E-state index is -0.423. The lowest BCUT2D eigenvalue weighted by atomic mass is 10.0. The highest BCUT2D eigenvalue weighted by Crippen LogP contribution is 2.35. The van der Waals surface area contributed by atoms with E-state index in [9.17, 15) is 4.79 Å². The molecule has 1 aromatic rings. The van der Waals surface area contributed by atoms with Gasteiger partial charge in [-0.1, -0.05) is 38.6 Å². The van der Waals surface area contributed by atoms with Crippen molar-refractivity contribution in [2.75, 3.05) is 5.32 Å². The summed E-state index contributed by atoms with van der Waals surface area (Å²) in [6.45, 7) is 7.66. The largest absolute Gasteiger partial charge is 0.478 e. The van der Waals surface area contributed by atoms with Crippen LogP contribution in [0.3, 0.4) is 0 Å². The minimum Gasteiger partial charge on any atom is -0.478 e. The molecule has 1 aromatic carbocycles. The molecule has 2 rings (SSSR count). The fourth-order valence-corrected chi connectivity index (χ4v) is 1.77. The predicted molar refractivity (Wildman–Crippen MR) is 64.4 cm³/mol. The number of ether oxygens (including phenoxy) is 1. The molecule has 1 amide bonds. The van der Waals surface area contributed by atoms with Crippen molar-refractivity contribution in [1.82, 2.24) is 0 Å². The van der Waals surface area contributed by atoms with Gasteiger partial charge in [-0.2, -0.15) is 0 Å². The zero-order valence-electron chi connectivity index (χ0n) is 9.49. The number of hydrogen-bond donors (Lipinski definition) is 1. The van der Waals surface area contributed by atoms with Gasteiger partial charge in [0.2, 0.25) is 0 Å². The van der Waals surface area contributed by atoms with Crippen molar-refractivity contribution in [3.05, 3.63) is 30.3 Å². The van der Waals surface area contributed by atoms with E-state index in [1.54, 1.807) is 6.08 Å². The first-order valence-electron chi connectivity index (χ1n) is 5.36. The molecule has 1 aliphatic rings. The summed E-state index contributed by atoms with van der Waals surface area (Å²) in [5.74, 6) is 0.783. The first kappa shape index (κ1) is 10.7. The summed E-state index contributed by atoms with van der Waals surface area (Å²) < 4.78 is 5.74. The lowest BCUT2D eigenvalue weighted by Crippen LogP contribution is -2.40. The summed E-state index contributed by atoms with van der Waals surface area (Å²) in [6, 6.07) is 5.62. The number of hydrogen-bond acceptors (Lipinski definition) is 2. The van der Waals surface area contributed by atoms with Gasteiger partial charge in [-0.3, -0.25) is 4.79 Å². The van der Waals surface area contributed by atoms with Crippen molar-refractivity contribution in [2.45, 2.75) is 20.0 Å². The average Bonchev–Trinajstić information content (AvgIpc) is 2.26. The Bertz CT molecular complexity index is 438. The summed E-state index contributed by atoms with van der Waals surface area (Å²) in [6.07, 6.45) is 1.31. The normalized spacial score (nSPS) is 18.7. The number of rotatable bonds is 2. The van der Waals surface area contributed by atoms with Crippen molar-refractivity contribution in [1.29, 1.82) is 0 Å². The number of carbonyl (C=O) groups is 1.